The Morgan fingerprint density at radius 1 is 0.893 bits per heavy atom. The summed E-state index contributed by atoms with van der Waals surface area (Å²) in [6.45, 7) is 2.54. The van der Waals surface area contributed by atoms with E-state index >= 15 is 0 Å². The van der Waals surface area contributed by atoms with Crippen LogP contribution in [0.25, 0.3) is 5.76 Å². The van der Waals surface area contributed by atoms with Gasteiger partial charge in [0.05, 0.1) is 11.7 Å². The second kappa shape index (κ2) is 6.94. The fraction of sp³-hybridized carbons (Fsp3) is 0.364. The van der Waals surface area contributed by atoms with Gasteiger partial charge in [0.2, 0.25) is 0 Å². The third-order valence-electron chi connectivity index (χ3n) is 5.93. The molecule has 0 radical (unpaired) electrons. The first-order chi connectivity index (χ1) is 13.6. The van der Waals surface area contributed by atoms with Gasteiger partial charge in [0.1, 0.15) is 5.75 Å². The van der Waals surface area contributed by atoms with Crippen molar-refractivity contribution in [1.29, 1.82) is 0 Å². The molecule has 0 aromatic heterocycles. The minimum absolute atomic E-state index is 0.0383. The average molecular weight is 397 g/mol. The molecule has 146 valence electrons. The van der Waals surface area contributed by atoms with Gasteiger partial charge in [0.15, 0.2) is 5.76 Å². The SMILES string of the molecule is O=S1(=O)C[C@H](N2CCCCC2)C2=C(O1)c1ccccc1N(c1ccccc1)C2. The van der Waals surface area contributed by atoms with E-state index in [2.05, 4.69) is 21.9 Å². The van der Waals surface area contributed by atoms with Crippen LogP contribution < -0.4 is 4.90 Å². The van der Waals surface area contributed by atoms with Crippen LogP contribution in [0.3, 0.4) is 0 Å². The molecule has 0 saturated carbocycles. The predicted molar refractivity (Wildman–Crippen MR) is 111 cm³/mol. The standard InChI is InChI=1S/C22H24N2O3S/c25-28(26)16-21(23-13-7-2-8-14-23)19-15-24(17-9-3-1-4-10-17)20-12-6-5-11-18(20)22(19)27-28/h1,3-6,9-12,21H,2,7-8,13-16H2/t21-/m0/s1. The maximum Gasteiger partial charge on any atom is 0.311 e. The Morgan fingerprint density at radius 2 is 1.61 bits per heavy atom. The van der Waals surface area contributed by atoms with E-state index in [0.717, 1.165) is 48.4 Å². The first-order valence-electron chi connectivity index (χ1n) is 9.94. The van der Waals surface area contributed by atoms with Gasteiger partial charge in [-0.25, -0.2) is 0 Å². The molecule has 0 amide bonds. The number of hydrogen-bond acceptors (Lipinski definition) is 5. The van der Waals surface area contributed by atoms with E-state index in [1.807, 2.05) is 42.5 Å². The zero-order chi connectivity index (χ0) is 19.1. The van der Waals surface area contributed by atoms with Crippen LogP contribution in [0.2, 0.25) is 0 Å². The van der Waals surface area contributed by atoms with Crippen molar-refractivity contribution >= 4 is 27.3 Å². The van der Waals surface area contributed by atoms with Crippen LogP contribution in [-0.2, 0) is 14.3 Å². The highest BCUT2D eigenvalue weighted by atomic mass is 32.2. The van der Waals surface area contributed by atoms with Gasteiger partial charge in [0.25, 0.3) is 0 Å². The van der Waals surface area contributed by atoms with E-state index < -0.39 is 10.1 Å². The second-order valence-corrected chi connectivity index (χ2v) is 9.33. The first-order valence-corrected chi connectivity index (χ1v) is 11.5. The highest BCUT2D eigenvalue weighted by Gasteiger charge is 2.41. The van der Waals surface area contributed by atoms with E-state index in [9.17, 15) is 8.42 Å². The Labute approximate surface area is 166 Å². The molecule has 0 N–H and O–H groups in total. The second-order valence-electron chi connectivity index (χ2n) is 7.71. The molecule has 5 rings (SSSR count). The predicted octanol–water partition coefficient (Wildman–Crippen LogP) is 3.76. The minimum atomic E-state index is -3.59. The lowest BCUT2D eigenvalue weighted by molar-refractivity contribution is 0.188. The van der Waals surface area contributed by atoms with E-state index in [4.69, 9.17) is 4.18 Å². The Hall–Kier alpha value is -2.31. The third-order valence-corrected chi connectivity index (χ3v) is 7.08. The van der Waals surface area contributed by atoms with Gasteiger partial charge in [-0.1, -0.05) is 36.8 Å². The summed E-state index contributed by atoms with van der Waals surface area (Å²) in [5.41, 5.74) is 4.03. The van der Waals surface area contributed by atoms with Crippen molar-refractivity contribution in [2.75, 3.05) is 30.3 Å². The summed E-state index contributed by atoms with van der Waals surface area (Å²) in [5.74, 6) is 0.584. The average Bonchev–Trinajstić information content (AvgIpc) is 2.73. The maximum absolute atomic E-state index is 12.6. The van der Waals surface area contributed by atoms with Gasteiger partial charge < -0.3 is 9.08 Å². The Bertz CT molecular complexity index is 1010. The summed E-state index contributed by atoms with van der Waals surface area (Å²) in [6.07, 6.45) is 3.47. The normalized spacial score (nSPS) is 24.3. The molecule has 0 aliphatic carbocycles. The van der Waals surface area contributed by atoms with E-state index in [1.165, 1.54) is 6.42 Å². The van der Waals surface area contributed by atoms with Gasteiger partial charge in [0, 0.05) is 23.4 Å². The lowest BCUT2D eigenvalue weighted by atomic mass is 9.93. The number of benzene rings is 2. The third kappa shape index (κ3) is 3.10. The molecule has 1 atom stereocenters. The molecule has 0 unspecified atom stereocenters. The highest BCUT2D eigenvalue weighted by Crippen LogP contribution is 2.44. The summed E-state index contributed by atoms with van der Waals surface area (Å²) in [5, 5.41) is 0. The molecular formula is C22H24N2O3S. The summed E-state index contributed by atoms with van der Waals surface area (Å²) in [4.78, 5) is 4.61. The van der Waals surface area contributed by atoms with Crippen molar-refractivity contribution in [2.45, 2.75) is 25.3 Å². The number of rotatable bonds is 2. The summed E-state index contributed by atoms with van der Waals surface area (Å²) < 4.78 is 30.9. The molecule has 0 spiro atoms. The Balaban J connectivity index is 1.65. The number of nitrogens with zero attached hydrogens (tertiary/aromatic N) is 2. The number of piperidine rings is 1. The van der Waals surface area contributed by atoms with Gasteiger partial charge in [-0.3, -0.25) is 4.90 Å². The zero-order valence-electron chi connectivity index (χ0n) is 15.8. The molecule has 2 aromatic rings. The van der Waals surface area contributed by atoms with Gasteiger partial charge in [-0.15, -0.1) is 0 Å². The van der Waals surface area contributed by atoms with Crippen molar-refractivity contribution in [2.24, 2.45) is 0 Å². The van der Waals surface area contributed by atoms with E-state index in [-0.39, 0.29) is 11.8 Å². The maximum atomic E-state index is 12.6. The van der Waals surface area contributed by atoms with Gasteiger partial charge in [-0.2, -0.15) is 8.42 Å². The molecule has 6 heteroatoms. The molecule has 3 aliphatic heterocycles. The first kappa shape index (κ1) is 17.8. The smallest absolute Gasteiger partial charge is 0.311 e. The van der Waals surface area contributed by atoms with Crippen LogP contribution in [0.5, 0.6) is 0 Å². The van der Waals surface area contributed by atoms with Crippen LogP contribution in [0.4, 0.5) is 11.4 Å². The van der Waals surface area contributed by atoms with E-state index in [1.54, 1.807) is 0 Å². The topological polar surface area (TPSA) is 49.9 Å². The quantitative estimate of drug-likeness (QED) is 0.724. The number of anilines is 2. The van der Waals surface area contributed by atoms with E-state index in [0.29, 0.717) is 12.3 Å². The van der Waals surface area contributed by atoms with Crippen molar-refractivity contribution < 1.29 is 12.6 Å². The molecule has 0 bridgehead atoms. The van der Waals surface area contributed by atoms with Crippen LogP contribution >= 0.6 is 0 Å². The molecule has 1 fully saturated rings. The Kier molecular flexibility index (Phi) is 4.40. The van der Waals surface area contributed by atoms with Crippen LogP contribution in [0.15, 0.2) is 60.2 Å². The van der Waals surface area contributed by atoms with Crippen molar-refractivity contribution in [1.82, 2.24) is 4.90 Å². The van der Waals surface area contributed by atoms with Crippen LogP contribution in [-0.4, -0.2) is 44.7 Å². The van der Waals surface area contributed by atoms with Gasteiger partial charge >= 0.3 is 10.1 Å². The van der Waals surface area contributed by atoms with Crippen LogP contribution in [0, 0.1) is 0 Å². The minimum Gasteiger partial charge on any atom is -0.382 e. The monoisotopic (exact) mass is 396 g/mol. The fourth-order valence-corrected chi connectivity index (χ4v) is 5.92. The molecule has 2 aromatic carbocycles. The Morgan fingerprint density at radius 3 is 2.39 bits per heavy atom. The molecule has 3 heterocycles. The van der Waals surface area contributed by atoms with Crippen LogP contribution in [0.1, 0.15) is 24.8 Å². The molecule has 28 heavy (non-hydrogen) atoms. The molecular weight excluding hydrogens is 372 g/mol. The van der Waals surface area contributed by atoms with Crippen molar-refractivity contribution in [3.05, 3.63) is 65.7 Å². The van der Waals surface area contributed by atoms with Crippen molar-refractivity contribution in [3.8, 4) is 0 Å². The fourth-order valence-electron chi connectivity index (χ4n) is 4.61. The highest BCUT2D eigenvalue weighted by molar-refractivity contribution is 7.87. The zero-order valence-corrected chi connectivity index (χ0v) is 16.6. The molecule has 1 saturated heterocycles. The summed E-state index contributed by atoms with van der Waals surface area (Å²) >= 11 is 0. The van der Waals surface area contributed by atoms with Gasteiger partial charge in [-0.05, 0) is 50.2 Å². The number of fused-ring (bicyclic) bond motifs is 2. The van der Waals surface area contributed by atoms with Crippen molar-refractivity contribution in [3.63, 3.8) is 0 Å². The number of para-hydroxylation sites is 2. The largest absolute Gasteiger partial charge is 0.382 e. The summed E-state index contributed by atoms with van der Waals surface area (Å²) in [7, 11) is -3.59. The lowest BCUT2D eigenvalue weighted by Crippen LogP contribution is -2.49. The molecule has 3 aliphatic rings. The number of likely N-dealkylation sites (tertiary alicyclic amines) is 1. The number of hydrogen-bond donors (Lipinski definition) is 0. The summed E-state index contributed by atoms with van der Waals surface area (Å²) in [6, 6.07) is 18.1. The lowest BCUT2D eigenvalue weighted by Gasteiger charge is -2.43. The molecule has 5 nitrogen and oxygen atoms in total.